The second-order valence-electron chi connectivity index (χ2n) is 4.63. The van der Waals surface area contributed by atoms with Crippen molar-refractivity contribution >= 4 is 10.8 Å². The fraction of sp³-hybridized carbons (Fsp3) is 0.286. The molecule has 2 aromatic rings. The first-order valence-electron chi connectivity index (χ1n) is 5.83. The molecule has 2 atom stereocenters. The summed E-state index contributed by atoms with van der Waals surface area (Å²) in [6.45, 7) is 0.484. The molecule has 0 saturated carbocycles. The van der Waals surface area contributed by atoms with Crippen LogP contribution in [0.2, 0.25) is 0 Å². The molecule has 1 nitrogen and oxygen atoms in total. The zero-order valence-electron chi connectivity index (χ0n) is 9.61. The molecule has 2 unspecified atom stereocenters. The Labute approximate surface area is 103 Å². The Morgan fingerprint density at radius 2 is 1.78 bits per heavy atom. The summed E-state index contributed by atoms with van der Waals surface area (Å²) in [6, 6.07) is 12.3. The first-order chi connectivity index (χ1) is 8.55. The smallest absolute Gasteiger partial charge is 0.285 e. The minimum Gasteiger partial charge on any atom is -0.285 e. The highest BCUT2D eigenvalue weighted by Gasteiger charge is 2.53. The molecule has 1 heterocycles. The SMILES string of the molecule is FC(F)(F)C1CN1Cc1cccc2ccccc12. The van der Waals surface area contributed by atoms with E-state index >= 15 is 0 Å². The van der Waals surface area contributed by atoms with Crippen LogP contribution in [0.3, 0.4) is 0 Å². The molecule has 1 saturated heterocycles. The summed E-state index contributed by atoms with van der Waals surface area (Å²) in [7, 11) is 0. The van der Waals surface area contributed by atoms with Crippen LogP contribution in [0.1, 0.15) is 5.56 Å². The quantitative estimate of drug-likeness (QED) is 0.737. The third-order valence-corrected chi connectivity index (χ3v) is 3.35. The molecule has 0 bridgehead atoms. The first kappa shape index (κ1) is 11.5. The van der Waals surface area contributed by atoms with Crippen molar-refractivity contribution in [3.05, 3.63) is 48.0 Å². The third-order valence-electron chi connectivity index (χ3n) is 3.35. The van der Waals surface area contributed by atoms with Gasteiger partial charge in [0.1, 0.15) is 6.04 Å². The number of halogens is 3. The molecule has 0 amide bonds. The highest BCUT2D eigenvalue weighted by molar-refractivity contribution is 5.85. The lowest BCUT2D eigenvalue weighted by molar-refractivity contribution is -0.136. The van der Waals surface area contributed by atoms with Crippen molar-refractivity contribution in [1.29, 1.82) is 0 Å². The molecular weight excluding hydrogens is 239 g/mol. The van der Waals surface area contributed by atoms with E-state index < -0.39 is 12.2 Å². The lowest BCUT2D eigenvalue weighted by Crippen LogP contribution is -2.21. The van der Waals surface area contributed by atoms with Crippen LogP contribution < -0.4 is 0 Å². The number of rotatable bonds is 2. The highest BCUT2D eigenvalue weighted by Crippen LogP contribution is 2.36. The molecule has 2 aromatic carbocycles. The zero-order valence-corrected chi connectivity index (χ0v) is 9.61. The van der Waals surface area contributed by atoms with Crippen LogP contribution in [0.25, 0.3) is 10.8 Å². The molecule has 0 radical (unpaired) electrons. The van der Waals surface area contributed by atoms with E-state index in [0.717, 1.165) is 16.3 Å². The monoisotopic (exact) mass is 251 g/mol. The van der Waals surface area contributed by atoms with Crippen LogP contribution in [-0.2, 0) is 6.54 Å². The maximum Gasteiger partial charge on any atom is 0.405 e. The maximum atomic E-state index is 12.5. The predicted octanol–water partition coefficient (Wildman–Crippen LogP) is 3.59. The van der Waals surface area contributed by atoms with Crippen molar-refractivity contribution in [2.75, 3.05) is 6.54 Å². The minimum atomic E-state index is -4.09. The summed E-state index contributed by atoms with van der Waals surface area (Å²) in [5, 5.41) is 2.10. The van der Waals surface area contributed by atoms with E-state index in [9.17, 15) is 13.2 Å². The van der Waals surface area contributed by atoms with Crippen molar-refractivity contribution < 1.29 is 13.2 Å². The van der Waals surface area contributed by atoms with Gasteiger partial charge in [0.25, 0.3) is 0 Å². The Balaban J connectivity index is 1.85. The van der Waals surface area contributed by atoms with Gasteiger partial charge >= 0.3 is 6.18 Å². The molecule has 18 heavy (non-hydrogen) atoms. The van der Waals surface area contributed by atoms with Gasteiger partial charge in [-0.15, -0.1) is 0 Å². The topological polar surface area (TPSA) is 3.01 Å². The van der Waals surface area contributed by atoms with Gasteiger partial charge in [-0.25, -0.2) is 0 Å². The van der Waals surface area contributed by atoms with Crippen molar-refractivity contribution in [1.82, 2.24) is 4.90 Å². The largest absolute Gasteiger partial charge is 0.405 e. The molecular formula is C14H12F3N. The molecule has 1 aliphatic heterocycles. The normalized spacial score (nSPS) is 23.3. The highest BCUT2D eigenvalue weighted by atomic mass is 19.4. The lowest BCUT2D eigenvalue weighted by atomic mass is 10.0. The maximum absolute atomic E-state index is 12.5. The number of hydrogen-bond acceptors (Lipinski definition) is 1. The van der Waals surface area contributed by atoms with Gasteiger partial charge in [0, 0.05) is 13.1 Å². The summed E-state index contributed by atoms with van der Waals surface area (Å²) in [5.74, 6) is 0. The van der Waals surface area contributed by atoms with Crippen LogP contribution in [0.5, 0.6) is 0 Å². The van der Waals surface area contributed by atoms with Gasteiger partial charge in [-0.3, -0.25) is 4.90 Å². The van der Waals surface area contributed by atoms with Gasteiger partial charge in [-0.1, -0.05) is 42.5 Å². The molecule has 94 valence electrons. The molecule has 0 N–H and O–H groups in total. The predicted molar refractivity (Wildman–Crippen MR) is 64.2 cm³/mol. The zero-order chi connectivity index (χ0) is 12.8. The number of hydrogen-bond donors (Lipinski definition) is 0. The second-order valence-corrected chi connectivity index (χ2v) is 4.63. The second kappa shape index (κ2) is 3.99. The van der Waals surface area contributed by atoms with E-state index in [1.807, 2.05) is 42.5 Å². The van der Waals surface area contributed by atoms with Crippen molar-refractivity contribution in [2.24, 2.45) is 0 Å². The summed E-state index contributed by atoms with van der Waals surface area (Å²) < 4.78 is 37.4. The van der Waals surface area contributed by atoms with Gasteiger partial charge in [-0.2, -0.15) is 13.2 Å². The summed E-state index contributed by atoms with van der Waals surface area (Å²) >= 11 is 0. The van der Waals surface area contributed by atoms with E-state index in [2.05, 4.69) is 0 Å². The number of nitrogens with zero attached hydrogens (tertiary/aromatic N) is 1. The Hall–Kier alpha value is -1.55. The van der Waals surface area contributed by atoms with Crippen LogP contribution >= 0.6 is 0 Å². The summed E-state index contributed by atoms with van der Waals surface area (Å²) in [4.78, 5) is 1.45. The Morgan fingerprint density at radius 3 is 2.50 bits per heavy atom. The fourth-order valence-corrected chi connectivity index (χ4v) is 2.31. The van der Waals surface area contributed by atoms with Crippen LogP contribution in [0.15, 0.2) is 42.5 Å². The van der Waals surface area contributed by atoms with Gasteiger partial charge in [-0.05, 0) is 16.3 Å². The van der Waals surface area contributed by atoms with Gasteiger partial charge in [0.15, 0.2) is 0 Å². The molecule has 3 rings (SSSR count). The Morgan fingerprint density at radius 1 is 1.06 bits per heavy atom. The standard InChI is InChI=1S/C14H12F3N/c15-14(16,17)13-9-18(13)8-11-6-3-5-10-4-1-2-7-12(10)11/h1-7,13H,8-9H2. The fourth-order valence-electron chi connectivity index (χ4n) is 2.31. The van der Waals surface area contributed by atoms with E-state index in [1.54, 1.807) is 0 Å². The average Bonchev–Trinajstić information content (AvgIpc) is 3.09. The van der Waals surface area contributed by atoms with Gasteiger partial charge < -0.3 is 0 Å². The van der Waals surface area contributed by atoms with Gasteiger partial charge in [0.05, 0.1) is 0 Å². The lowest BCUT2D eigenvalue weighted by Gasteiger charge is -2.09. The third kappa shape index (κ3) is 2.08. The molecule has 0 aliphatic carbocycles. The van der Waals surface area contributed by atoms with E-state index in [4.69, 9.17) is 0 Å². The van der Waals surface area contributed by atoms with Crippen molar-refractivity contribution in [2.45, 2.75) is 18.8 Å². The number of alkyl halides is 3. The molecule has 1 fully saturated rings. The first-order valence-corrected chi connectivity index (χ1v) is 5.83. The van der Waals surface area contributed by atoms with Crippen LogP contribution in [-0.4, -0.2) is 23.7 Å². The number of fused-ring (bicyclic) bond motifs is 1. The van der Waals surface area contributed by atoms with Crippen molar-refractivity contribution in [3.63, 3.8) is 0 Å². The Kier molecular flexibility index (Phi) is 2.55. The number of benzene rings is 2. The van der Waals surface area contributed by atoms with Crippen molar-refractivity contribution in [3.8, 4) is 0 Å². The average molecular weight is 251 g/mol. The summed E-state index contributed by atoms with van der Waals surface area (Å²) in [5.41, 5.74) is 0.958. The molecule has 0 spiro atoms. The summed E-state index contributed by atoms with van der Waals surface area (Å²) in [6.07, 6.45) is -4.09. The Bertz CT molecular complexity index is 571. The van der Waals surface area contributed by atoms with Gasteiger partial charge in [0.2, 0.25) is 0 Å². The van der Waals surface area contributed by atoms with Crippen LogP contribution in [0, 0.1) is 0 Å². The van der Waals surface area contributed by atoms with Crippen LogP contribution in [0.4, 0.5) is 13.2 Å². The van der Waals surface area contributed by atoms with E-state index in [1.165, 1.54) is 4.90 Å². The molecule has 0 aromatic heterocycles. The molecule has 4 heteroatoms. The minimum absolute atomic E-state index is 0.118. The van der Waals surface area contributed by atoms with E-state index in [-0.39, 0.29) is 6.54 Å². The molecule has 1 aliphatic rings. The van der Waals surface area contributed by atoms with E-state index in [0.29, 0.717) is 6.54 Å².